The Morgan fingerprint density at radius 3 is 2.64 bits per heavy atom. The number of nitrogens with two attached hydrogens (primary N) is 1. The fraction of sp³-hybridized carbons (Fsp3) is 0.125. The van der Waals surface area contributed by atoms with Gasteiger partial charge in [-0.2, -0.15) is 0 Å². The van der Waals surface area contributed by atoms with Crippen molar-refractivity contribution in [2.24, 2.45) is 0 Å². The summed E-state index contributed by atoms with van der Waals surface area (Å²) < 4.78 is 29.8. The average molecular weight is 202 g/mol. The predicted molar refractivity (Wildman–Crippen MR) is 46.8 cm³/mol. The third-order valence-corrected chi connectivity index (χ3v) is 1.50. The van der Waals surface area contributed by atoms with Gasteiger partial charge in [-0.15, -0.1) is 0 Å². The predicted octanol–water partition coefficient (Wildman–Crippen LogP) is 1.73. The van der Waals surface area contributed by atoms with Crippen LogP contribution in [-0.4, -0.2) is 13.2 Å². The third-order valence-electron chi connectivity index (χ3n) is 1.50. The normalized spacial score (nSPS) is 9.64. The summed E-state index contributed by atoms with van der Waals surface area (Å²) in [6, 6.07) is 1.51. The van der Waals surface area contributed by atoms with Gasteiger partial charge in [0.2, 0.25) is 0 Å². The average Bonchev–Trinajstić information content (AvgIpc) is 2.10. The Morgan fingerprint density at radius 2 is 2.14 bits per heavy atom. The van der Waals surface area contributed by atoms with E-state index in [1.807, 2.05) is 5.32 Å². The van der Waals surface area contributed by atoms with Crippen LogP contribution < -0.4 is 11.1 Å². The zero-order valence-corrected chi connectivity index (χ0v) is 7.30. The van der Waals surface area contributed by atoms with Crippen LogP contribution in [0.4, 0.5) is 25.0 Å². The molecule has 0 bridgehead atoms. The Labute approximate surface area is 78.7 Å². The molecule has 0 saturated heterocycles. The molecule has 76 valence electrons. The first kappa shape index (κ1) is 10.2. The fourth-order valence-corrected chi connectivity index (χ4v) is 0.878. The smallest absolute Gasteiger partial charge is 0.411 e. The Morgan fingerprint density at radius 1 is 1.50 bits per heavy atom. The van der Waals surface area contributed by atoms with Crippen LogP contribution in [0.25, 0.3) is 0 Å². The molecule has 0 aliphatic carbocycles. The highest BCUT2D eigenvalue weighted by atomic mass is 19.1. The molecule has 0 saturated carbocycles. The standard InChI is InChI=1S/C8H8F2N2O2/c1-14-8(13)12-7-5(10)2-4(9)3-6(7)11/h2-3H,11H2,1H3,(H,12,13). The van der Waals surface area contributed by atoms with Crippen LogP contribution in [0.3, 0.4) is 0 Å². The molecule has 1 aromatic rings. The van der Waals surface area contributed by atoms with Crippen LogP contribution in [0, 0.1) is 11.6 Å². The molecule has 0 fully saturated rings. The van der Waals surface area contributed by atoms with Crippen LogP contribution in [0.1, 0.15) is 0 Å². The van der Waals surface area contributed by atoms with Crippen LogP contribution in [-0.2, 0) is 4.74 Å². The van der Waals surface area contributed by atoms with Crippen molar-refractivity contribution >= 4 is 17.5 Å². The molecule has 14 heavy (non-hydrogen) atoms. The lowest BCUT2D eigenvalue weighted by Gasteiger charge is -2.07. The highest BCUT2D eigenvalue weighted by molar-refractivity contribution is 5.88. The number of benzene rings is 1. The van der Waals surface area contributed by atoms with Gasteiger partial charge >= 0.3 is 6.09 Å². The van der Waals surface area contributed by atoms with Gasteiger partial charge in [-0.1, -0.05) is 0 Å². The topological polar surface area (TPSA) is 64.3 Å². The number of halogens is 2. The fourth-order valence-electron chi connectivity index (χ4n) is 0.878. The molecule has 0 aliphatic heterocycles. The molecular weight excluding hydrogens is 194 g/mol. The van der Waals surface area contributed by atoms with Crippen molar-refractivity contribution in [3.63, 3.8) is 0 Å². The largest absolute Gasteiger partial charge is 0.453 e. The minimum Gasteiger partial charge on any atom is -0.453 e. The van der Waals surface area contributed by atoms with E-state index in [1.165, 1.54) is 0 Å². The first-order valence-electron chi connectivity index (χ1n) is 3.64. The number of nitrogen functional groups attached to an aromatic ring is 1. The number of rotatable bonds is 1. The molecule has 4 nitrogen and oxygen atoms in total. The number of ether oxygens (including phenoxy) is 1. The Balaban J connectivity index is 3.02. The van der Waals surface area contributed by atoms with Crippen molar-refractivity contribution in [3.05, 3.63) is 23.8 Å². The van der Waals surface area contributed by atoms with Gasteiger partial charge in [-0.3, -0.25) is 5.32 Å². The summed E-state index contributed by atoms with van der Waals surface area (Å²) in [5.41, 5.74) is 4.78. The molecule has 1 rings (SSSR count). The maximum atomic E-state index is 13.0. The molecule has 1 aromatic carbocycles. The second kappa shape index (κ2) is 3.91. The van der Waals surface area contributed by atoms with E-state index in [-0.39, 0.29) is 11.4 Å². The third kappa shape index (κ3) is 2.09. The molecule has 0 aromatic heterocycles. The van der Waals surface area contributed by atoms with Gasteiger partial charge in [0.25, 0.3) is 0 Å². The Kier molecular flexibility index (Phi) is 2.85. The van der Waals surface area contributed by atoms with Crippen molar-refractivity contribution in [2.75, 3.05) is 18.2 Å². The maximum absolute atomic E-state index is 13.0. The first-order valence-corrected chi connectivity index (χ1v) is 3.64. The molecule has 0 heterocycles. The molecule has 6 heteroatoms. The molecule has 0 radical (unpaired) electrons. The van der Waals surface area contributed by atoms with Gasteiger partial charge in [0.05, 0.1) is 12.8 Å². The van der Waals surface area contributed by atoms with Crippen molar-refractivity contribution in [1.82, 2.24) is 0 Å². The summed E-state index contributed by atoms with van der Waals surface area (Å²) in [6.45, 7) is 0. The molecule has 3 N–H and O–H groups in total. The lowest BCUT2D eigenvalue weighted by molar-refractivity contribution is 0.187. The number of carbonyl (C=O) groups excluding carboxylic acids is 1. The van der Waals surface area contributed by atoms with Gasteiger partial charge in [0.1, 0.15) is 11.5 Å². The Hall–Kier alpha value is -1.85. The minimum absolute atomic E-state index is 0.201. The highest BCUT2D eigenvalue weighted by Crippen LogP contribution is 2.23. The van der Waals surface area contributed by atoms with Crippen molar-refractivity contribution in [1.29, 1.82) is 0 Å². The molecule has 0 spiro atoms. The zero-order valence-electron chi connectivity index (χ0n) is 7.30. The van der Waals surface area contributed by atoms with Gasteiger partial charge in [0.15, 0.2) is 5.82 Å². The van der Waals surface area contributed by atoms with E-state index >= 15 is 0 Å². The van der Waals surface area contributed by atoms with Crippen LogP contribution in [0.5, 0.6) is 0 Å². The summed E-state index contributed by atoms with van der Waals surface area (Å²) in [5.74, 6) is -1.76. The van der Waals surface area contributed by atoms with E-state index in [4.69, 9.17) is 5.73 Å². The molecular formula is C8H8F2N2O2. The van der Waals surface area contributed by atoms with Crippen LogP contribution in [0.15, 0.2) is 12.1 Å². The van der Waals surface area contributed by atoms with Gasteiger partial charge < -0.3 is 10.5 Å². The molecule has 1 amide bonds. The number of hydrogen-bond donors (Lipinski definition) is 2. The van der Waals surface area contributed by atoms with Gasteiger partial charge in [-0.05, 0) is 6.07 Å². The number of anilines is 2. The van der Waals surface area contributed by atoms with Crippen LogP contribution >= 0.6 is 0 Å². The number of amides is 1. The van der Waals surface area contributed by atoms with Crippen molar-refractivity contribution in [3.8, 4) is 0 Å². The van der Waals surface area contributed by atoms with E-state index in [2.05, 4.69) is 4.74 Å². The Bertz CT molecular complexity index is 345. The minimum atomic E-state index is -0.951. The van der Waals surface area contributed by atoms with Crippen LogP contribution in [0.2, 0.25) is 0 Å². The van der Waals surface area contributed by atoms with E-state index in [0.717, 1.165) is 13.2 Å². The molecule has 0 unspecified atom stereocenters. The second-order valence-corrected chi connectivity index (χ2v) is 2.47. The SMILES string of the molecule is COC(=O)Nc1c(N)cc(F)cc1F. The van der Waals surface area contributed by atoms with Gasteiger partial charge in [-0.25, -0.2) is 13.6 Å². The lowest BCUT2D eigenvalue weighted by Crippen LogP contribution is -2.14. The summed E-state index contributed by atoms with van der Waals surface area (Å²) in [6.07, 6.45) is -0.873. The summed E-state index contributed by atoms with van der Waals surface area (Å²) in [7, 11) is 1.12. The van der Waals surface area contributed by atoms with E-state index in [1.54, 1.807) is 0 Å². The maximum Gasteiger partial charge on any atom is 0.411 e. The number of hydrogen-bond acceptors (Lipinski definition) is 3. The van der Waals surface area contributed by atoms with Crippen molar-refractivity contribution in [2.45, 2.75) is 0 Å². The summed E-state index contributed by atoms with van der Waals surface area (Å²) in [5, 5.41) is 2.03. The lowest BCUT2D eigenvalue weighted by atomic mass is 10.2. The quantitative estimate of drug-likeness (QED) is 0.681. The van der Waals surface area contributed by atoms with E-state index in [0.29, 0.717) is 6.07 Å². The van der Waals surface area contributed by atoms with Gasteiger partial charge in [0, 0.05) is 6.07 Å². The van der Waals surface area contributed by atoms with E-state index in [9.17, 15) is 13.6 Å². The number of nitrogens with one attached hydrogen (secondary N) is 1. The second-order valence-electron chi connectivity index (χ2n) is 2.47. The summed E-state index contributed by atoms with van der Waals surface area (Å²) >= 11 is 0. The van der Waals surface area contributed by atoms with E-state index < -0.39 is 17.7 Å². The first-order chi connectivity index (χ1) is 6.54. The zero-order chi connectivity index (χ0) is 10.7. The molecule has 0 atom stereocenters. The number of carbonyl (C=O) groups is 1. The highest BCUT2D eigenvalue weighted by Gasteiger charge is 2.11. The molecule has 0 aliphatic rings. The monoisotopic (exact) mass is 202 g/mol. The number of methoxy groups -OCH3 is 1. The summed E-state index contributed by atoms with van der Waals surface area (Å²) in [4.78, 5) is 10.7. The van der Waals surface area contributed by atoms with Crippen molar-refractivity contribution < 1.29 is 18.3 Å².